The molecule has 1 saturated heterocycles. The highest BCUT2D eigenvalue weighted by Crippen LogP contribution is 2.39. The topological polar surface area (TPSA) is 67.8 Å². The summed E-state index contributed by atoms with van der Waals surface area (Å²) in [4.78, 5) is 12.7. The van der Waals surface area contributed by atoms with Crippen LogP contribution in [0.3, 0.4) is 0 Å². The molecular weight excluding hydrogens is 667 g/mol. The zero-order valence-corrected chi connectivity index (χ0v) is 30.8. The highest BCUT2D eigenvalue weighted by molar-refractivity contribution is 5.94. The molecule has 0 radical (unpaired) electrons. The second kappa shape index (κ2) is 30.8. The van der Waals surface area contributed by atoms with Crippen molar-refractivity contribution in [1.82, 2.24) is 5.32 Å². The molecular formula is C49H41NO4. The molecule has 1 aliphatic rings. The molecule has 1 amide bonds. The van der Waals surface area contributed by atoms with Gasteiger partial charge >= 0.3 is 0 Å². The van der Waals surface area contributed by atoms with E-state index < -0.39 is 24.3 Å². The summed E-state index contributed by atoms with van der Waals surface area (Å²) in [5.74, 6) is 59.5. The molecule has 1 rings (SSSR count). The van der Waals surface area contributed by atoms with Crippen molar-refractivity contribution in [1.29, 1.82) is 0 Å². The first-order chi connectivity index (χ1) is 26.5. The second-order valence-corrected chi connectivity index (χ2v) is 11.0. The van der Waals surface area contributed by atoms with Gasteiger partial charge in [0.1, 0.15) is 0 Å². The minimum absolute atomic E-state index is 0.000300. The first kappa shape index (κ1) is 45.1. The third-order valence-electron chi connectivity index (χ3n) is 7.34. The Morgan fingerprint density at radius 3 is 1.57 bits per heavy atom. The number of allylic oxidation sites excluding steroid dienone is 1. The fraction of sp³-hybridized carbons (Fsp3) is 0.327. The minimum Gasteiger partial charge on any atom is -0.391 e. The number of hydrogen-bond acceptors (Lipinski definition) is 4. The molecule has 266 valence electrons. The average molecular weight is 708 g/mol. The van der Waals surface area contributed by atoms with Gasteiger partial charge in [-0.25, -0.2) is 0 Å². The maximum Gasteiger partial charge on any atom is 0.297 e. The number of amides is 1. The lowest BCUT2D eigenvalue weighted by atomic mass is 9.75. The van der Waals surface area contributed by atoms with Gasteiger partial charge in [-0.15, -0.1) is 26.3 Å². The van der Waals surface area contributed by atoms with Gasteiger partial charge < -0.3 is 19.9 Å². The van der Waals surface area contributed by atoms with Crippen LogP contribution in [0.25, 0.3) is 0 Å². The van der Waals surface area contributed by atoms with E-state index >= 15 is 0 Å². The molecule has 1 aliphatic heterocycles. The van der Waals surface area contributed by atoms with Crippen LogP contribution in [0, 0.1) is 160 Å². The van der Waals surface area contributed by atoms with E-state index in [1.54, 1.807) is 19.1 Å². The van der Waals surface area contributed by atoms with E-state index in [9.17, 15) is 9.90 Å². The number of ether oxygens (including phenoxy) is 2. The molecule has 1 heterocycles. The zero-order chi connectivity index (χ0) is 39.5. The number of aliphatic hydroxyl groups is 1. The predicted molar refractivity (Wildman–Crippen MR) is 216 cm³/mol. The lowest BCUT2D eigenvalue weighted by molar-refractivity contribution is -0.236. The second-order valence-electron chi connectivity index (χ2n) is 11.0. The van der Waals surface area contributed by atoms with Crippen LogP contribution in [0.5, 0.6) is 0 Å². The number of unbranched alkanes of at least 4 members (excludes halogenated alkanes) is 3. The van der Waals surface area contributed by atoms with Crippen molar-refractivity contribution in [3.63, 3.8) is 0 Å². The van der Waals surface area contributed by atoms with E-state index in [0.717, 1.165) is 25.7 Å². The first-order valence-electron chi connectivity index (χ1n) is 17.1. The third kappa shape index (κ3) is 20.0. The molecule has 0 bridgehead atoms. The van der Waals surface area contributed by atoms with Gasteiger partial charge in [-0.1, -0.05) is 62.8 Å². The molecule has 2 N–H and O–H groups in total. The van der Waals surface area contributed by atoms with Crippen LogP contribution in [-0.4, -0.2) is 42.2 Å². The lowest BCUT2D eigenvalue weighted by Crippen LogP contribution is -2.50. The summed E-state index contributed by atoms with van der Waals surface area (Å²) in [6, 6.07) is -0.738. The van der Waals surface area contributed by atoms with Gasteiger partial charge in [0.05, 0.1) is 24.9 Å². The van der Waals surface area contributed by atoms with E-state index in [0.29, 0.717) is 12.8 Å². The van der Waals surface area contributed by atoms with Crippen molar-refractivity contribution >= 4 is 5.91 Å². The molecule has 0 spiro atoms. The maximum absolute atomic E-state index is 12.7. The Balaban J connectivity index is 2.83. The van der Waals surface area contributed by atoms with Crippen molar-refractivity contribution in [3.05, 3.63) is 50.6 Å². The quantitative estimate of drug-likeness (QED) is 0.149. The van der Waals surface area contributed by atoms with E-state index in [1.807, 2.05) is 12.2 Å². The Kier molecular flexibility index (Phi) is 25.7. The van der Waals surface area contributed by atoms with Crippen LogP contribution in [0.1, 0.15) is 52.4 Å². The van der Waals surface area contributed by atoms with Gasteiger partial charge in [-0.2, -0.15) is 0 Å². The van der Waals surface area contributed by atoms with Gasteiger partial charge in [-0.3, -0.25) is 4.79 Å². The fourth-order valence-electron chi connectivity index (χ4n) is 4.87. The Bertz CT molecular complexity index is 2130. The van der Waals surface area contributed by atoms with Crippen LogP contribution in [0.2, 0.25) is 0 Å². The summed E-state index contributed by atoms with van der Waals surface area (Å²) in [6.45, 7) is 19.6. The van der Waals surface area contributed by atoms with Gasteiger partial charge in [0, 0.05) is 53.3 Å². The first-order valence-corrected chi connectivity index (χ1v) is 17.1. The summed E-state index contributed by atoms with van der Waals surface area (Å²) in [6.07, 6.45) is 10.5. The van der Waals surface area contributed by atoms with Crippen molar-refractivity contribution in [2.75, 3.05) is 6.61 Å². The van der Waals surface area contributed by atoms with E-state index in [4.69, 9.17) is 9.47 Å². The minimum atomic E-state index is -0.861. The molecule has 7 atom stereocenters. The van der Waals surface area contributed by atoms with Crippen molar-refractivity contribution < 1.29 is 19.4 Å². The van der Waals surface area contributed by atoms with Gasteiger partial charge in [0.25, 0.3) is 5.91 Å². The van der Waals surface area contributed by atoms with Gasteiger partial charge in [0.2, 0.25) is 0 Å². The van der Waals surface area contributed by atoms with Crippen molar-refractivity contribution in [2.45, 2.75) is 76.9 Å². The summed E-state index contributed by atoms with van der Waals surface area (Å²) >= 11 is 0. The van der Waals surface area contributed by atoms with E-state index in [2.05, 4.69) is 181 Å². The molecule has 0 aromatic rings. The largest absolute Gasteiger partial charge is 0.391 e. The normalized spacial score (nSPS) is 17.4. The van der Waals surface area contributed by atoms with Gasteiger partial charge in [-0.05, 0) is 120 Å². The molecule has 1 fully saturated rings. The third-order valence-corrected chi connectivity index (χ3v) is 7.34. The number of carbonyl (C=O) groups is 1. The summed E-state index contributed by atoms with van der Waals surface area (Å²) in [7, 11) is 0. The Morgan fingerprint density at radius 1 is 0.685 bits per heavy atom. The Morgan fingerprint density at radius 2 is 1.15 bits per heavy atom. The van der Waals surface area contributed by atoms with Crippen LogP contribution in [0.4, 0.5) is 0 Å². The molecule has 2 unspecified atom stereocenters. The van der Waals surface area contributed by atoms with Crippen LogP contribution >= 0.6 is 0 Å². The molecule has 0 aliphatic carbocycles. The molecule has 0 aromatic heterocycles. The number of carbonyl (C=O) groups excluding carboxylic acids is 1. The lowest BCUT2D eigenvalue weighted by Gasteiger charge is -2.44. The number of aliphatic hydroxyl groups excluding tert-OH is 1. The highest BCUT2D eigenvalue weighted by atomic mass is 16.7. The standard InChI is InChI=1S/C49H41NO4/c1-7-13-15-17-18-19-20-21-22-23-24-25-26-27-28-29-30-31-32-33-34-35-37-40-48(52)50-45(46(51)39-36-16-14-8-2)41-53-49-44(12-6)42(10-4)43(11-5)47(54-49)38-9-3/h9-12,42-47,49,51H,3-6,8,14,16,36,38-39,41H2,1-2H3,(H,50,52)/t42?,43-,44-,45+,46-,47?,49-/m1/s1. The van der Waals surface area contributed by atoms with Crippen molar-refractivity contribution in [3.8, 4) is 142 Å². The monoisotopic (exact) mass is 707 g/mol. The van der Waals surface area contributed by atoms with E-state index in [-0.39, 0.29) is 30.5 Å². The number of nitrogens with one attached hydrogen (secondary N) is 1. The Hall–Kier alpha value is -6.97. The van der Waals surface area contributed by atoms with E-state index in [1.165, 1.54) is 0 Å². The summed E-state index contributed by atoms with van der Waals surface area (Å²) in [5, 5.41) is 13.8. The molecule has 5 nitrogen and oxygen atoms in total. The molecule has 5 heteroatoms. The fourth-order valence-corrected chi connectivity index (χ4v) is 4.87. The summed E-state index contributed by atoms with van der Waals surface area (Å²) < 4.78 is 12.5. The van der Waals surface area contributed by atoms with Crippen LogP contribution in [0.15, 0.2) is 50.6 Å². The number of hydrogen-bond donors (Lipinski definition) is 2. The average Bonchev–Trinajstić information content (AvgIpc) is 3.17. The highest BCUT2D eigenvalue weighted by Gasteiger charge is 2.42. The van der Waals surface area contributed by atoms with Crippen LogP contribution in [-0.2, 0) is 14.3 Å². The molecule has 0 saturated carbocycles. The Labute approximate surface area is 323 Å². The molecule has 0 aromatic carbocycles. The summed E-state index contributed by atoms with van der Waals surface area (Å²) in [5.41, 5.74) is 0. The van der Waals surface area contributed by atoms with Gasteiger partial charge in [0.15, 0.2) is 6.29 Å². The SMILES string of the molecule is C=CCC1O[C@@H](OC[C@H](NC(=O)C#CC#CC#CC#CC#CC#CC#CC#CC#CC#CC#CC#CC)[C@H](O)CCCCCC)[C@H](C=C)C(C=C)[C@H]1C=C. The predicted octanol–water partition coefficient (Wildman–Crippen LogP) is 4.59. The maximum atomic E-state index is 12.7. The smallest absolute Gasteiger partial charge is 0.297 e. The van der Waals surface area contributed by atoms with Crippen LogP contribution < -0.4 is 5.32 Å². The molecule has 54 heavy (non-hydrogen) atoms. The number of rotatable bonds is 15. The zero-order valence-electron chi connectivity index (χ0n) is 30.8. The van der Waals surface area contributed by atoms with Crippen molar-refractivity contribution in [2.24, 2.45) is 17.8 Å².